The van der Waals surface area contributed by atoms with Crippen molar-refractivity contribution in [1.82, 2.24) is 19.1 Å². The molecule has 1 atom stereocenters. The van der Waals surface area contributed by atoms with Crippen LogP contribution in [-0.4, -0.2) is 43.5 Å². The number of nitrogens with one attached hydrogen (secondary N) is 2. The maximum Gasteiger partial charge on any atom is 0.329 e. The molecule has 2 aromatic heterocycles. The number of hydrogen-bond acceptors (Lipinski definition) is 6. The Morgan fingerprint density at radius 1 is 1.22 bits per heavy atom. The lowest BCUT2D eigenvalue weighted by Crippen LogP contribution is -2.31. The van der Waals surface area contributed by atoms with E-state index in [0.29, 0.717) is 18.2 Å². The number of aryl methyl sites for hydroxylation is 2. The van der Waals surface area contributed by atoms with Crippen LogP contribution >= 0.6 is 0 Å². The van der Waals surface area contributed by atoms with Crippen LogP contribution in [0.15, 0.2) is 33.9 Å². The van der Waals surface area contributed by atoms with Crippen LogP contribution in [0, 0.1) is 0 Å². The third-order valence-corrected chi connectivity index (χ3v) is 5.46. The number of aliphatic hydroxyl groups excluding tert-OH is 1. The Labute approximate surface area is 187 Å². The fraction of sp³-hybridized carbons (Fsp3) is 0.522. The Morgan fingerprint density at radius 3 is 2.78 bits per heavy atom. The number of hydrogen-bond donors (Lipinski definition) is 3. The number of anilines is 1. The zero-order valence-corrected chi connectivity index (χ0v) is 19.1. The summed E-state index contributed by atoms with van der Waals surface area (Å²) in [5, 5.41) is 13.9. The van der Waals surface area contributed by atoms with Gasteiger partial charge in [0.1, 0.15) is 18.5 Å². The third-order valence-electron chi connectivity index (χ3n) is 5.46. The van der Waals surface area contributed by atoms with Crippen molar-refractivity contribution < 1.29 is 9.84 Å². The van der Waals surface area contributed by atoms with Crippen molar-refractivity contribution in [2.75, 3.05) is 18.5 Å². The molecule has 0 aliphatic rings. The fourth-order valence-corrected chi connectivity index (χ4v) is 3.61. The summed E-state index contributed by atoms with van der Waals surface area (Å²) in [6.45, 7) is 5.07. The van der Waals surface area contributed by atoms with Crippen molar-refractivity contribution in [2.24, 2.45) is 7.05 Å². The molecule has 0 saturated heterocycles. The second kappa shape index (κ2) is 11.0. The van der Waals surface area contributed by atoms with Gasteiger partial charge in [0.15, 0.2) is 11.2 Å². The van der Waals surface area contributed by atoms with E-state index in [4.69, 9.17) is 4.74 Å². The van der Waals surface area contributed by atoms with E-state index in [9.17, 15) is 14.7 Å². The van der Waals surface area contributed by atoms with Gasteiger partial charge in [0.25, 0.3) is 5.56 Å². The van der Waals surface area contributed by atoms with Gasteiger partial charge in [-0.25, -0.2) is 4.79 Å². The lowest BCUT2D eigenvalue weighted by atomic mass is 10.2. The molecule has 9 nitrogen and oxygen atoms in total. The molecular formula is C23H33N5O4. The smallest absolute Gasteiger partial charge is 0.329 e. The van der Waals surface area contributed by atoms with Crippen molar-refractivity contribution in [3.8, 4) is 5.75 Å². The monoisotopic (exact) mass is 443 g/mol. The molecule has 174 valence electrons. The normalized spacial score (nSPS) is 12.2. The van der Waals surface area contributed by atoms with Crippen LogP contribution in [0.1, 0.15) is 45.1 Å². The number of unbranched alkanes of at least 4 members (excludes halogenated alkanes) is 3. The van der Waals surface area contributed by atoms with Crippen LogP contribution in [0.5, 0.6) is 5.75 Å². The minimum atomic E-state index is -0.880. The summed E-state index contributed by atoms with van der Waals surface area (Å²) in [5.74, 6) is 1.14. The van der Waals surface area contributed by atoms with Crippen molar-refractivity contribution in [1.29, 1.82) is 0 Å². The average Bonchev–Trinajstić information content (AvgIpc) is 3.14. The van der Waals surface area contributed by atoms with E-state index >= 15 is 0 Å². The number of imidazole rings is 1. The van der Waals surface area contributed by atoms with Gasteiger partial charge in [0.2, 0.25) is 5.95 Å². The molecule has 3 rings (SSSR count). The molecular weight excluding hydrogens is 410 g/mol. The minimum Gasteiger partial charge on any atom is -0.491 e. The molecule has 0 fully saturated rings. The lowest BCUT2D eigenvalue weighted by Gasteiger charge is -2.16. The highest BCUT2D eigenvalue weighted by Crippen LogP contribution is 2.18. The second-order valence-electron chi connectivity index (χ2n) is 7.99. The number of aromatic nitrogens is 4. The average molecular weight is 444 g/mol. The second-order valence-corrected chi connectivity index (χ2v) is 7.99. The van der Waals surface area contributed by atoms with Crippen LogP contribution < -0.4 is 21.3 Å². The summed E-state index contributed by atoms with van der Waals surface area (Å²) in [7, 11) is 1.56. The van der Waals surface area contributed by atoms with E-state index in [-0.39, 0.29) is 24.3 Å². The zero-order valence-electron chi connectivity index (χ0n) is 19.1. The number of benzene rings is 1. The molecule has 0 amide bonds. The highest BCUT2D eigenvalue weighted by atomic mass is 16.5. The molecule has 9 heteroatoms. The van der Waals surface area contributed by atoms with Gasteiger partial charge in [-0.2, -0.15) is 4.98 Å². The quantitative estimate of drug-likeness (QED) is 0.371. The Hall–Kier alpha value is -3.07. The first-order valence-electron chi connectivity index (χ1n) is 11.3. The largest absolute Gasteiger partial charge is 0.491 e. The summed E-state index contributed by atoms with van der Waals surface area (Å²) in [6.07, 6.45) is 4.37. The van der Waals surface area contributed by atoms with Gasteiger partial charge >= 0.3 is 5.69 Å². The molecule has 1 aromatic carbocycles. The number of rotatable bonds is 12. The molecule has 2 heterocycles. The van der Waals surface area contributed by atoms with Crippen LogP contribution in [-0.2, 0) is 20.0 Å². The highest BCUT2D eigenvalue weighted by Gasteiger charge is 2.19. The van der Waals surface area contributed by atoms with Crippen molar-refractivity contribution in [3.63, 3.8) is 0 Å². The molecule has 0 aliphatic heterocycles. The van der Waals surface area contributed by atoms with E-state index in [1.54, 1.807) is 11.6 Å². The summed E-state index contributed by atoms with van der Waals surface area (Å²) >= 11 is 0. The topological polar surface area (TPSA) is 114 Å². The van der Waals surface area contributed by atoms with Crippen LogP contribution in [0.3, 0.4) is 0 Å². The molecule has 0 spiro atoms. The predicted octanol–water partition coefficient (Wildman–Crippen LogP) is 2.42. The number of H-pyrrole nitrogens is 1. The number of ether oxygens (including phenoxy) is 1. The molecule has 0 radical (unpaired) electrons. The molecule has 0 aliphatic carbocycles. The van der Waals surface area contributed by atoms with Crippen LogP contribution in [0.25, 0.3) is 11.2 Å². The van der Waals surface area contributed by atoms with Gasteiger partial charge in [0, 0.05) is 13.6 Å². The maximum atomic E-state index is 12.6. The van der Waals surface area contributed by atoms with Gasteiger partial charge in [-0.15, -0.1) is 0 Å². The van der Waals surface area contributed by atoms with Crippen molar-refractivity contribution in [2.45, 2.75) is 58.6 Å². The van der Waals surface area contributed by atoms with E-state index in [1.165, 1.54) is 4.57 Å². The molecule has 3 aromatic rings. The van der Waals surface area contributed by atoms with Crippen molar-refractivity contribution in [3.05, 3.63) is 50.7 Å². The molecule has 0 saturated carbocycles. The number of aliphatic hydroxyl groups is 1. The third kappa shape index (κ3) is 5.59. The standard InChI is InChI=1S/C23H33N5O4/c1-4-6-7-8-12-24-22-25-20-19(21(30)26-23(31)27(20)3)28(22)14-17(29)15-32-18-11-9-10-16(5-2)13-18/h9-11,13,17,29H,4-8,12,14-15H2,1-3H3,(H,24,25)(H,26,30,31)/t17-/m0/s1. The summed E-state index contributed by atoms with van der Waals surface area (Å²) in [5.41, 5.74) is 0.619. The molecule has 32 heavy (non-hydrogen) atoms. The van der Waals surface area contributed by atoms with Crippen LogP contribution in [0.4, 0.5) is 5.95 Å². The summed E-state index contributed by atoms with van der Waals surface area (Å²) in [6, 6.07) is 7.74. The summed E-state index contributed by atoms with van der Waals surface area (Å²) in [4.78, 5) is 31.4. The van der Waals surface area contributed by atoms with Crippen molar-refractivity contribution >= 4 is 17.1 Å². The molecule has 0 unspecified atom stereocenters. The summed E-state index contributed by atoms with van der Waals surface area (Å²) < 4.78 is 8.69. The maximum absolute atomic E-state index is 12.6. The minimum absolute atomic E-state index is 0.0620. The number of nitrogens with zero attached hydrogens (tertiary/aromatic N) is 3. The van der Waals surface area contributed by atoms with E-state index < -0.39 is 17.4 Å². The number of fused-ring (bicyclic) bond motifs is 1. The first kappa shape index (κ1) is 23.6. The fourth-order valence-electron chi connectivity index (χ4n) is 3.61. The van der Waals surface area contributed by atoms with Gasteiger partial charge in [-0.3, -0.25) is 14.3 Å². The Morgan fingerprint density at radius 2 is 2.03 bits per heavy atom. The first-order chi connectivity index (χ1) is 15.4. The van der Waals surface area contributed by atoms with E-state index in [2.05, 4.69) is 29.1 Å². The first-order valence-corrected chi connectivity index (χ1v) is 11.3. The van der Waals surface area contributed by atoms with Gasteiger partial charge < -0.3 is 19.7 Å². The van der Waals surface area contributed by atoms with Gasteiger partial charge in [0.05, 0.1) is 6.54 Å². The Kier molecular flexibility index (Phi) is 8.10. The van der Waals surface area contributed by atoms with Crippen LogP contribution in [0.2, 0.25) is 0 Å². The van der Waals surface area contributed by atoms with E-state index in [1.807, 2.05) is 24.3 Å². The Balaban J connectivity index is 1.80. The predicted molar refractivity (Wildman–Crippen MR) is 126 cm³/mol. The van der Waals surface area contributed by atoms with E-state index in [0.717, 1.165) is 37.7 Å². The van der Waals surface area contributed by atoms with Gasteiger partial charge in [-0.05, 0) is 30.5 Å². The number of aromatic amines is 1. The SMILES string of the molecule is CCCCCCNc1nc2c(c(=O)[nH]c(=O)n2C)n1C[C@H](O)COc1cccc(CC)c1. The zero-order chi connectivity index (χ0) is 23.1. The highest BCUT2D eigenvalue weighted by molar-refractivity contribution is 5.74. The lowest BCUT2D eigenvalue weighted by molar-refractivity contribution is 0.0938. The van der Waals surface area contributed by atoms with Gasteiger partial charge in [-0.1, -0.05) is 45.2 Å². The molecule has 3 N–H and O–H groups in total. The Bertz CT molecular complexity index is 1150. The molecule has 0 bridgehead atoms.